The molecule has 0 saturated carbocycles. The zero-order chi connectivity index (χ0) is 47.7. The van der Waals surface area contributed by atoms with Crippen molar-refractivity contribution in [2.45, 2.75) is 24.7 Å². The van der Waals surface area contributed by atoms with Crippen LogP contribution in [-0.4, -0.2) is 0 Å². The van der Waals surface area contributed by atoms with Crippen LogP contribution in [0.3, 0.4) is 0 Å². The van der Waals surface area contributed by atoms with E-state index in [4.69, 9.17) is 0 Å². The number of thiophene rings is 1. The van der Waals surface area contributed by atoms with Crippen molar-refractivity contribution >= 4 is 48.6 Å². The first-order chi connectivity index (χ1) is 35.5. The number of anilines is 3. The van der Waals surface area contributed by atoms with Gasteiger partial charge in [0.25, 0.3) is 0 Å². The molecule has 11 aromatic carbocycles. The maximum absolute atomic E-state index is 2.57. The van der Waals surface area contributed by atoms with Crippen molar-refractivity contribution in [2.75, 3.05) is 4.90 Å². The minimum atomic E-state index is -0.655. The first-order valence-electron chi connectivity index (χ1n) is 25.2. The smallest absolute Gasteiger partial charge is 0.0726 e. The number of rotatable bonds is 5. The summed E-state index contributed by atoms with van der Waals surface area (Å²) in [6, 6.07) is 93.8. The van der Waals surface area contributed by atoms with Crippen molar-refractivity contribution in [2.24, 2.45) is 0 Å². The Labute approximate surface area is 424 Å². The monoisotopic (exact) mass is 933 g/mol. The van der Waals surface area contributed by atoms with E-state index in [1.54, 1.807) is 0 Å². The molecular weight excluding hydrogens is 887 g/mol. The quantitative estimate of drug-likeness (QED) is 0.166. The summed E-state index contributed by atoms with van der Waals surface area (Å²) < 4.78 is 2.67. The Morgan fingerprint density at radius 3 is 1.54 bits per heavy atom. The molecule has 0 radical (unpaired) electrons. The van der Waals surface area contributed by atoms with Gasteiger partial charge in [-0.05, 0) is 125 Å². The Morgan fingerprint density at radius 2 is 0.819 bits per heavy atom. The van der Waals surface area contributed by atoms with Crippen LogP contribution in [0.2, 0.25) is 0 Å². The van der Waals surface area contributed by atoms with Crippen LogP contribution >= 0.6 is 11.3 Å². The van der Waals surface area contributed by atoms with Crippen LogP contribution in [0.15, 0.2) is 249 Å². The highest BCUT2D eigenvalue weighted by molar-refractivity contribution is 7.26. The number of hydrogen-bond acceptors (Lipinski definition) is 2. The van der Waals surface area contributed by atoms with Crippen molar-refractivity contribution in [1.82, 2.24) is 0 Å². The minimum Gasteiger partial charge on any atom is -0.310 e. The summed E-state index contributed by atoms with van der Waals surface area (Å²) in [5.41, 5.74) is 25.6. The molecule has 1 unspecified atom stereocenters. The van der Waals surface area contributed by atoms with Crippen molar-refractivity contribution < 1.29 is 0 Å². The molecule has 1 aromatic heterocycles. The van der Waals surface area contributed by atoms with E-state index in [1.165, 1.54) is 120 Å². The van der Waals surface area contributed by atoms with Crippen molar-refractivity contribution in [3.8, 4) is 66.8 Å². The largest absolute Gasteiger partial charge is 0.310 e. The summed E-state index contributed by atoms with van der Waals surface area (Å²) in [6.07, 6.45) is 0. The molecule has 0 saturated heterocycles. The molecule has 15 rings (SSSR count). The number of benzene rings is 11. The molecule has 0 bridgehead atoms. The van der Waals surface area contributed by atoms with Crippen LogP contribution < -0.4 is 4.90 Å². The van der Waals surface area contributed by atoms with Gasteiger partial charge in [0, 0.05) is 48.1 Å². The third kappa shape index (κ3) is 5.70. The van der Waals surface area contributed by atoms with Gasteiger partial charge in [-0.1, -0.05) is 226 Å². The van der Waals surface area contributed by atoms with Crippen molar-refractivity contribution in [3.63, 3.8) is 0 Å². The van der Waals surface area contributed by atoms with Crippen molar-refractivity contribution in [1.29, 1.82) is 0 Å². The van der Waals surface area contributed by atoms with E-state index in [0.29, 0.717) is 0 Å². The van der Waals surface area contributed by atoms with E-state index in [-0.39, 0.29) is 5.41 Å². The molecule has 1 heterocycles. The fraction of sp³-hybridized carbons (Fsp3) is 0.0571. The number of para-hydroxylation sites is 1. The second-order valence-electron chi connectivity index (χ2n) is 20.3. The molecule has 0 amide bonds. The van der Waals surface area contributed by atoms with Crippen LogP contribution in [0.1, 0.15) is 47.2 Å². The topological polar surface area (TPSA) is 3.24 Å². The van der Waals surface area contributed by atoms with Gasteiger partial charge in [-0.15, -0.1) is 11.3 Å². The van der Waals surface area contributed by atoms with Crippen molar-refractivity contribution in [3.05, 3.63) is 282 Å². The molecule has 0 aliphatic heterocycles. The lowest BCUT2D eigenvalue weighted by molar-refractivity contribution is 0.660. The summed E-state index contributed by atoms with van der Waals surface area (Å²) in [5.74, 6) is 0. The zero-order valence-electron chi connectivity index (χ0n) is 40.0. The lowest BCUT2D eigenvalue weighted by Crippen LogP contribution is -2.29. The highest BCUT2D eigenvalue weighted by atomic mass is 32.1. The van der Waals surface area contributed by atoms with E-state index >= 15 is 0 Å². The van der Waals surface area contributed by atoms with Gasteiger partial charge in [0.1, 0.15) is 0 Å². The first-order valence-corrected chi connectivity index (χ1v) is 26.0. The van der Waals surface area contributed by atoms with E-state index in [2.05, 4.69) is 267 Å². The van der Waals surface area contributed by atoms with Gasteiger partial charge < -0.3 is 4.90 Å². The summed E-state index contributed by atoms with van der Waals surface area (Å²) >= 11 is 1.93. The highest BCUT2D eigenvalue weighted by Gasteiger charge is 2.51. The van der Waals surface area contributed by atoms with Gasteiger partial charge in [0.05, 0.1) is 11.1 Å². The summed E-state index contributed by atoms with van der Waals surface area (Å²) in [6.45, 7) is 4.77. The Kier molecular flexibility index (Phi) is 8.86. The number of nitrogens with zero attached hydrogens (tertiary/aromatic N) is 1. The van der Waals surface area contributed by atoms with Crippen LogP contribution in [0, 0.1) is 0 Å². The summed E-state index contributed by atoms with van der Waals surface area (Å²) in [4.78, 5) is 2.55. The van der Waals surface area contributed by atoms with Gasteiger partial charge in [-0.25, -0.2) is 0 Å². The predicted octanol–water partition coefficient (Wildman–Crippen LogP) is 19.2. The van der Waals surface area contributed by atoms with Gasteiger partial charge in [-0.2, -0.15) is 0 Å². The molecule has 1 spiro atoms. The zero-order valence-corrected chi connectivity index (χ0v) is 40.8. The molecule has 72 heavy (non-hydrogen) atoms. The van der Waals surface area contributed by atoms with Gasteiger partial charge in [0.15, 0.2) is 0 Å². The molecule has 338 valence electrons. The fourth-order valence-corrected chi connectivity index (χ4v) is 14.4. The van der Waals surface area contributed by atoms with E-state index in [9.17, 15) is 0 Å². The number of hydrogen-bond donors (Lipinski definition) is 0. The second-order valence-corrected chi connectivity index (χ2v) is 21.3. The number of fused-ring (bicyclic) bond motifs is 19. The first kappa shape index (κ1) is 41.2. The molecular formula is C70H47NS. The van der Waals surface area contributed by atoms with E-state index in [1.807, 2.05) is 11.3 Å². The standard InChI is InChI=1S/C70H47NS/c1-69(2)59-27-13-8-24-53(59)55-39-37-47(42-63(55)69)71(65-30-16-11-20-49(65)46-34-32-45(33-35-46)44-18-4-3-5-19-44)48-36-38-54-51-22-7-6-21-50(51)52-23-9-14-28-60(52)70(64(54)43-48)61-29-15-10-26-58(61)67-62(70)41-40-57-56-25-12-17-31-66(56)72-68(57)67/h3-43H,1-2H3. The Hall–Kier alpha value is -8.56. The fourth-order valence-electron chi connectivity index (χ4n) is 13.1. The van der Waals surface area contributed by atoms with Gasteiger partial charge in [-0.3, -0.25) is 0 Å². The SMILES string of the molecule is CC1(C)c2ccccc2-c2ccc(N(c3ccc4c(c3)C3(c5ccccc5-c5ccccc5-4)c4ccccc4-c4c3ccc3c4sc4ccccc43)c3ccccc3-c3ccc(-c4ccccc4)cc3)cc21. The molecule has 1 nitrogen and oxygen atoms in total. The second kappa shape index (κ2) is 15.5. The summed E-state index contributed by atoms with van der Waals surface area (Å²) in [7, 11) is 0. The lowest BCUT2D eigenvalue weighted by Gasteiger charge is -2.37. The van der Waals surface area contributed by atoms with Crippen LogP contribution in [0.5, 0.6) is 0 Å². The van der Waals surface area contributed by atoms with Crippen LogP contribution in [0.25, 0.3) is 86.9 Å². The molecule has 3 aliphatic rings. The average molecular weight is 934 g/mol. The maximum Gasteiger partial charge on any atom is 0.0726 e. The average Bonchev–Trinajstić information content (AvgIpc) is 4.03. The van der Waals surface area contributed by atoms with Crippen LogP contribution in [0.4, 0.5) is 17.1 Å². The molecule has 0 N–H and O–H groups in total. The third-order valence-electron chi connectivity index (χ3n) is 16.3. The summed E-state index contributed by atoms with van der Waals surface area (Å²) in [5, 5.41) is 2.64. The van der Waals surface area contributed by atoms with Gasteiger partial charge >= 0.3 is 0 Å². The Bertz CT molecular complexity index is 4190. The maximum atomic E-state index is 2.57. The normalized spacial score (nSPS) is 15.2. The molecule has 3 aliphatic carbocycles. The van der Waals surface area contributed by atoms with E-state index in [0.717, 1.165) is 17.1 Å². The van der Waals surface area contributed by atoms with E-state index < -0.39 is 5.41 Å². The van der Waals surface area contributed by atoms with Gasteiger partial charge in [0.2, 0.25) is 0 Å². The predicted molar refractivity (Wildman–Crippen MR) is 304 cm³/mol. The molecule has 12 aromatic rings. The minimum absolute atomic E-state index is 0.180. The lowest BCUT2D eigenvalue weighted by atomic mass is 9.65. The Morgan fingerprint density at radius 1 is 0.319 bits per heavy atom. The Balaban J connectivity index is 1.03. The molecule has 1 atom stereocenters. The molecule has 0 fully saturated rings. The van der Waals surface area contributed by atoms with Crippen LogP contribution in [-0.2, 0) is 10.8 Å². The highest BCUT2D eigenvalue weighted by Crippen LogP contribution is 2.64. The molecule has 2 heteroatoms. The third-order valence-corrected chi connectivity index (χ3v) is 17.5.